The summed E-state index contributed by atoms with van der Waals surface area (Å²) in [7, 11) is -2.90. The number of hydrogen-bond donors (Lipinski definition) is 0. The van der Waals surface area contributed by atoms with Gasteiger partial charge in [-0.25, -0.2) is 8.42 Å². The van der Waals surface area contributed by atoms with Crippen LogP contribution < -0.4 is 4.90 Å². The number of benzene rings is 1. The first-order valence-corrected chi connectivity index (χ1v) is 10.1. The molecule has 1 atom stereocenters. The average Bonchev–Trinajstić information content (AvgIpc) is 2.87. The van der Waals surface area contributed by atoms with Crippen LogP contribution in [0.4, 0.5) is 5.69 Å². The molecular weight excluding hydrogens is 312 g/mol. The normalized spacial score (nSPS) is 24.0. The Hall–Kier alpha value is -1.56. The van der Waals surface area contributed by atoms with Crippen LogP contribution in [0.15, 0.2) is 24.3 Å². The number of amides is 1. The lowest BCUT2D eigenvalue weighted by Crippen LogP contribution is -2.49. The number of rotatable bonds is 3. The molecule has 0 bridgehead atoms. The van der Waals surface area contributed by atoms with Gasteiger partial charge in [0, 0.05) is 38.3 Å². The van der Waals surface area contributed by atoms with Gasteiger partial charge in [0.25, 0.3) is 0 Å². The van der Waals surface area contributed by atoms with E-state index in [2.05, 4.69) is 24.0 Å². The van der Waals surface area contributed by atoms with Crippen molar-refractivity contribution in [3.63, 3.8) is 0 Å². The van der Waals surface area contributed by atoms with Crippen LogP contribution in [0.3, 0.4) is 0 Å². The molecule has 1 amide bonds. The fraction of sp³-hybridized carbons (Fsp3) is 0.588. The van der Waals surface area contributed by atoms with Crippen LogP contribution in [0.2, 0.25) is 0 Å². The number of sulfone groups is 1. The molecule has 2 saturated heterocycles. The molecule has 0 N–H and O–H groups in total. The van der Waals surface area contributed by atoms with Crippen LogP contribution in [0.5, 0.6) is 0 Å². The minimum atomic E-state index is -2.90. The third kappa shape index (κ3) is 3.86. The quantitative estimate of drug-likeness (QED) is 0.839. The van der Waals surface area contributed by atoms with E-state index in [1.807, 2.05) is 17.0 Å². The van der Waals surface area contributed by atoms with E-state index in [-0.39, 0.29) is 23.3 Å². The zero-order chi connectivity index (χ0) is 16.4. The van der Waals surface area contributed by atoms with E-state index in [4.69, 9.17) is 0 Å². The first kappa shape index (κ1) is 16.3. The molecule has 0 spiro atoms. The molecule has 0 unspecified atom stereocenters. The highest BCUT2D eigenvalue weighted by atomic mass is 32.2. The van der Waals surface area contributed by atoms with Crippen molar-refractivity contribution in [2.24, 2.45) is 5.92 Å². The topological polar surface area (TPSA) is 57.7 Å². The largest absolute Gasteiger partial charge is 0.368 e. The molecule has 2 heterocycles. The average molecular weight is 336 g/mol. The van der Waals surface area contributed by atoms with E-state index in [1.54, 1.807) is 0 Å². The lowest BCUT2D eigenvalue weighted by atomic mass is 10.0. The lowest BCUT2D eigenvalue weighted by Gasteiger charge is -2.37. The zero-order valence-corrected chi connectivity index (χ0v) is 14.4. The Labute approximate surface area is 138 Å². The highest BCUT2D eigenvalue weighted by Gasteiger charge is 2.31. The maximum atomic E-state index is 12.4. The molecule has 23 heavy (non-hydrogen) atoms. The van der Waals surface area contributed by atoms with Crippen molar-refractivity contribution in [2.45, 2.75) is 19.8 Å². The minimum Gasteiger partial charge on any atom is -0.368 e. The molecule has 0 saturated carbocycles. The summed E-state index contributed by atoms with van der Waals surface area (Å²) in [6, 6.07) is 8.30. The summed E-state index contributed by atoms with van der Waals surface area (Å²) >= 11 is 0. The number of carbonyl (C=O) groups excluding carboxylic acids is 1. The fourth-order valence-electron chi connectivity index (χ4n) is 3.52. The maximum Gasteiger partial charge on any atom is 0.223 e. The summed E-state index contributed by atoms with van der Waals surface area (Å²) in [5, 5.41) is 0. The zero-order valence-electron chi connectivity index (χ0n) is 13.6. The van der Waals surface area contributed by atoms with Crippen molar-refractivity contribution in [1.82, 2.24) is 4.90 Å². The Kier molecular flexibility index (Phi) is 4.62. The molecule has 1 aromatic rings. The minimum absolute atomic E-state index is 0.0156. The van der Waals surface area contributed by atoms with E-state index in [9.17, 15) is 13.2 Å². The Morgan fingerprint density at radius 3 is 2.48 bits per heavy atom. The molecule has 2 aliphatic rings. The van der Waals surface area contributed by atoms with Gasteiger partial charge in [0.15, 0.2) is 9.84 Å². The highest BCUT2D eigenvalue weighted by molar-refractivity contribution is 7.91. The summed E-state index contributed by atoms with van der Waals surface area (Å²) in [6.07, 6.45) is 1.01. The van der Waals surface area contributed by atoms with Crippen molar-refractivity contribution < 1.29 is 13.2 Å². The van der Waals surface area contributed by atoms with Gasteiger partial charge in [0.1, 0.15) is 0 Å². The summed E-state index contributed by atoms with van der Waals surface area (Å²) < 4.78 is 23.0. The van der Waals surface area contributed by atoms with Gasteiger partial charge in [-0.3, -0.25) is 4.79 Å². The third-order valence-electron chi connectivity index (χ3n) is 4.88. The predicted molar refractivity (Wildman–Crippen MR) is 91.3 cm³/mol. The Bertz CT molecular complexity index is 679. The van der Waals surface area contributed by atoms with E-state index >= 15 is 0 Å². The second kappa shape index (κ2) is 6.51. The Morgan fingerprint density at radius 2 is 1.87 bits per heavy atom. The van der Waals surface area contributed by atoms with Gasteiger partial charge in [-0.1, -0.05) is 18.2 Å². The van der Waals surface area contributed by atoms with Crippen LogP contribution in [0.25, 0.3) is 0 Å². The first-order chi connectivity index (χ1) is 10.9. The van der Waals surface area contributed by atoms with Crippen LogP contribution >= 0.6 is 0 Å². The number of aryl methyl sites for hydroxylation is 1. The number of piperazine rings is 1. The molecule has 3 rings (SSSR count). The van der Waals surface area contributed by atoms with Crippen molar-refractivity contribution in [3.8, 4) is 0 Å². The summed E-state index contributed by atoms with van der Waals surface area (Å²) in [5.74, 6) is 0.548. The van der Waals surface area contributed by atoms with Gasteiger partial charge in [-0.05, 0) is 30.9 Å². The molecule has 6 heteroatoms. The second-order valence-corrected chi connectivity index (χ2v) is 8.86. The van der Waals surface area contributed by atoms with Crippen LogP contribution in [-0.4, -0.2) is 56.9 Å². The van der Waals surface area contributed by atoms with E-state index < -0.39 is 9.84 Å². The molecule has 0 aliphatic carbocycles. The van der Waals surface area contributed by atoms with Crippen LogP contribution in [0, 0.1) is 12.8 Å². The molecule has 2 fully saturated rings. The van der Waals surface area contributed by atoms with E-state index in [0.717, 1.165) is 13.1 Å². The smallest absolute Gasteiger partial charge is 0.223 e. The monoisotopic (exact) mass is 336 g/mol. The summed E-state index contributed by atoms with van der Waals surface area (Å²) in [5.41, 5.74) is 2.49. The molecule has 0 radical (unpaired) electrons. The standard InChI is InChI=1S/C17H24N2O3S/c1-14-4-2-3-5-16(14)18-7-9-19(10-8-18)17(20)12-15-6-11-23(21,22)13-15/h2-5,15H,6-13H2,1H3/t15-/m0/s1. The molecule has 126 valence electrons. The van der Waals surface area contributed by atoms with Crippen molar-refractivity contribution in [3.05, 3.63) is 29.8 Å². The first-order valence-electron chi connectivity index (χ1n) is 8.23. The second-order valence-electron chi connectivity index (χ2n) is 6.63. The van der Waals surface area contributed by atoms with Crippen LogP contribution in [-0.2, 0) is 14.6 Å². The maximum absolute atomic E-state index is 12.4. The Balaban J connectivity index is 1.53. The molecule has 5 nitrogen and oxygen atoms in total. The van der Waals surface area contributed by atoms with Gasteiger partial charge in [-0.15, -0.1) is 0 Å². The fourth-order valence-corrected chi connectivity index (χ4v) is 5.39. The number of anilines is 1. The van der Waals surface area contributed by atoms with Gasteiger partial charge in [0.05, 0.1) is 11.5 Å². The van der Waals surface area contributed by atoms with Crippen LogP contribution in [0.1, 0.15) is 18.4 Å². The van der Waals surface area contributed by atoms with Crippen molar-refractivity contribution in [2.75, 3.05) is 42.6 Å². The number of nitrogens with zero attached hydrogens (tertiary/aromatic N) is 2. The summed E-state index contributed by atoms with van der Waals surface area (Å²) in [6.45, 7) is 5.20. The van der Waals surface area contributed by atoms with Gasteiger partial charge >= 0.3 is 0 Å². The lowest BCUT2D eigenvalue weighted by molar-refractivity contribution is -0.132. The summed E-state index contributed by atoms with van der Waals surface area (Å²) in [4.78, 5) is 16.6. The van der Waals surface area contributed by atoms with Crippen molar-refractivity contribution >= 4 is 21.4 Å². The van der Waals surface area contributed by atoms with E-state index in [1.165, 1.54) is 11.3 Å². The van der Waals surface area contributed by atoms with E-state index in [0.29, 0.717) is 25.9 Å². The van der Waals surface area contributed by atoms with Crippen molar-refractivity contribution in [1.29, 1.82) is 0 Å². The Morgan fingerprint density at radius 1 is 1.17 bits per heavy atom. The number of para-hydroxylation sites is 1. The third-order valence-corrected chi connectivity index (χ3v) is 6.72. The molecular formula is C17H24N2O3S. The van der Waals surface area contributed by atoms with Gasteiger partial charge in [-0.2, -0.15) is 0 Å². The SMILES string of the molecule is Cc1ccccc1N1CCN(C(=O)C[C@@H]2CCS(=O)(=O)C2)CC1. The highest BCUT2D eigenvalue weighted by Crippen LogP contribution is 2.24. The number of hydrogen-bond acceptors (Lipinski definition) is 4. The number of carbonyl (C=O) groups is 1. The molecule has 1 aromatic carbocycles. The molecule has 0 aromatic heterocycles. The van der Waals surface area contributed by atoms with Gasteiger partial charge < -0.3 is 9.80 Å². The molecule has 2 aliphatic heterocycles. The van der Waals surface area contributed by atoms with Gasteiger partial charge in [0.2, 0.25) is 5.91 Å². The predicted octanol–water partition coefficient (Wildman–Crippen LogP) is 1.47.